The van der Waals surface area contributed by atoms with Gasteiger partial charge in [-0.1, -0.05) is 103 Å². The monoisotopic (exact) mass is 580 g/mol. The third-order valence-corrected chi connectivity index (χ3v) is 9.48. The van der Waals surface area contributed by atoms with Gasteiger partial charge in [-0.15, -0.1) is 11.3 Å². The Bertz CT molecular complexity index is 2490. The van der Waals surface area contributed by atoms with Crippen molar-refractivity contribution < 1.29 is 4.42 Å². The maximum absolute atomic E-state index is 6.24. The Morgan fingerprint density at radius 2 is 0.977 bits per heavy atom. The van der Waals surface area contributed by atoms with Gasteiger partial charge in [-0.25, -0.2) is 9.97 Å². The van der Waals surface area contributed by atoms with Crippen LogP contribution in [0.5, 0.6) is 0 Å². The highest BCUT2D eigenvalue weighted by atomic mass is 32.1. The summed E-state index contributed by atoms with van der Waals surface area (Å²) in [4.78, 5) is 10.3. The highest BCUT2D eigenvalue weighted by Gasteiger charge is 2.15. The zero-order valence-corrected chi connectivity index (χ0v) is 24.4. The smallest absolute Gasteiger partial charge is 0.160 e. The number of hydrogen-bond acceptors (Lipinski definition) is 4. The van der Waals surface area contributed by atoms with Crippen LogP contribution in [0, 0.1) is 0 Å². The SMILES string of the molecule is c1ccc(-c2ccc(-c3nc(-c4ccc5c(c4)oc4ccccc45)cc(-c4ccc5sc6ccccc6c5c4)n3)cc2)cc1. The van der Waals surface area contributed by atoms with Crippen molar-refractivity contribution >= 4 is 53.4 Å². The summed E-state index contributed by atoms with van der Waals surface area (Å²) in [7, 11) is 0. The van der Waals surface area contributed by atoms with Gasteiger partial charge in [0.1, 0.15) is 11.2 Å². The van der Waals surface area contributed by atoms with E-state index in [0.717, 1.165) is 55.6 Å². The van der Waals surface area contributed by atoms with Crippen LogP contribution in [-0.4, -0.2) is 9.97 Å². The van der Waals surface area contributed by atoms with Gasteiger partial charge in [0.25, 0.3) is 0 Å². The molecule has 0 amide bonds. The van der Waals surface area contributed by atoms with Crippen molar-refractivity contribution in [1.29, 1.82) is 0 Å². The normalized spacial score (nSPS) is 11.6. The molecule has 0 aliphatic carbocycles. The molecule has 0 atom stereocenters. The highest BCUT2D eigenvalue weighted by molar-refractivity contribution is 7.25. The van der Waals surface area contributed by atoms with Gasteiger partial charge in [0, 0.05) is 47.6 Å². The van der Waals surface area contributed by atoms with E-state index < -0.39 is 0 Å². The molecule has 3 aromatic heterocycles. The maximum atomic E-state index is 6.24. The van der Waals surface area contributed by atoms with E-state index in [4.69, 9.17) is 14.4 Å². The zero-order chi connectivity index (χ0) is 29.0. The van der Waals surface area contributed by atoms with Crippen LogP contribution < -0.4 is 0 Å². The first-order valence-electron chi connectivity index (χ1n) is 14.7. The number of para-hydroxylation sites is 1. The molecule has 9 aromatic rings. The molecular weight excluding hydrogens is 557 g/mol. The van der Waals surface area contributed by atoms with Crippen molar-refractivity contribution in [2.75, 3.05) is 0 Å². The number of benzene rings is 6. The van der Waals surface area contributed by atoms with Crippen molar-refractivity contribution in [3.05, 3.63) is 146 Å². The second kappa shape index (κ2) is 10.0. The van der Waals surface area contributed by atoms with Gasteiger partial charge in [0.2, 0.25) is 0 Å². The Balaban J connectivity index is 1.22. The van der Waals surface area contributed by atoms with Gasteiger partial charge < -0.3 is 4.42 Å². The standard InChI is InChI=1S/C40H24N2OS/c1-2-8-25(9-3-1)26-14-16-27(17-15-26)40-41-34(28-19-21-39-33(22-28)32-11-5-7-13-38(32)44-39)24-35(42-40)29-18-20-31-30-10-4-6-12-36(30)43-37(31)23-29/h1-24H. The fourth-order valence-electron chi connectivity index (χ4n) is 6.09. The van der Waals surface area contributed by atoms with Crippen LogP contribution in [0.25, 0.3) is 87.1 Å². The van der Waals surface area contributed by atoms with Gasteiger partial charge in [-0.2, -0.15) is 0 Å². The Kier molecular flexibility index (Phi) is 5.68. The fourth-order valence-corrected chi connectivity index (χ4v) is 7.17. The molecule has 3 heterocycles. The predicted molar refractivity (Wildman–Crippen MR) is 184 cm³/mol. The molecule has 4 heteroatoms. The van der Waals surface area contributed by atoms with Crippen molar-refractivity contribution in [2.45, 2.75) is 0 Å². The summed E-state index contributed by atoms with van der Waals surface area (Å²) in [5.41, 5.74) is 8.86. The van der Waals surface area contributed by atoms with Crippen molar-refractivity contribution in [2.24, 2.45) is 0 Å². The van der Waals surface area contributed by atoms with E-state index in [1.165, 1.54) is 25.7 Å². The van der Waals surface area contributed by atoms with E-state index in [-0.39, 0.29) is 0 Å². The lowest BCUT2D eigenvalue weighted by Crippen LogP contribution is -1.96. The second-order valence-electron chi connectivity index (χ2n) is 11.0. The summed E-state index contributed by atoms with van der Waals surface area (Å²) in [6, 6.07) is 50.8. The molecule has 206 valence electrons. The first kappa shape index (κ1) is 25.0. The number of rotatable bonds is 4. The van der Waals surface area contributed by atoms with E-state index in [2.05, 4.69) is 121 Å². The van der Waals surface area contributed by atoms with Gasteiger partial charge in [0.05, 0.1) is 11.4 Å². The van der Waals surface area contributed by atoms with Gasteiger partial charge in [-0.3, -0.25) is 0 Å². The summed E-state index contributed by atoms with van der Waals surface area (Å²) in [6.07, 6.45) is 0. The van der Waals surface area contributed by atoms with Gasteiger partial charge in [-0.05, 0) is 53.6 Å². The maximum Gasteiger partial charge on any atom is 0.160 e. The Hall–Kier alpha value is -5.58. The van der Waals surface area contributed by atoms with Crippen LogP contribution >= 0.6 is 11.3 Å². The molecule has 9 rings (SSSR count). The largest absolute Gasteiger partial charge is 0.456 e. The number of furan rings is 1. The first-order valence-corrected chi connectivity index (χ1v) is 15.5. The first-order chi connectivity index (χ1) is 21.8. The van der Waals surface area contributed by atoms with Crippen LogP contribution in [0.3, 0.4) is 0 Å². The molecule has 0 N–H and O–H groups in total. The molecule has 6 aromatic carbocycles. The minimum absolute atomic E-state index is 0.692. The van der Waals surface area contributed by atoms with Crippen LogP contribution in [0.4, 0.5) is 0 Å². The molecule has 0 unspecified atom stereocenters. The molecule has 0 aliphatic rings. The van der Waals surface area contributed by atoms with Crippen molar-refractivity contribution in [3.63, 3.8) is 0 Å². The fraction of sp³-hybridized carbons (Fsp3) is 0. The Morgan fingerprint density at radius 1 is 0.386 bits per heavy atom. The molecular formula is C40H24N2OS. The number of aromatic nitrogens is 2. The average Bonchev–Trinajstić information content (AvgIpc) is 3.66. The molecule has 44 heavy (non-hydrogen) atoms. The lowest BCUT2D eigenvalue weighted by Gasteiger charge is -2.10. The van der Waals surface area contributed by atoms with E-state index >= 15 is 0 Å². The minimum atomic E-state index is 0.692. The van der Waals surface area contributed by atoms with Crippen LogP contribution in [0.1, 0.15) is 0 Å². The second-order valence-corrected chi connectivity index (χ2v) is 12.1. The lowest BCUT2D eigenvalue weighted by atomic mass is 10.0. The summed E-state index contributed by atoms with van der Waals surface area (Å²) in [6.45, 7) is 0. The van der Waals surface area contributed by atoms with Crippen molar-refractivity contribution in [1.82, 2.24) is 9.97 Å². The van der Waals surface area contributed by atoms with E-state index in [1.807, 2.05) is 35.6 Å². The molecule has 0 saturated heterocycles. The number of nitrogens with zero attached hydrogens (tertiary/aromatic N) is 2. The molecule has 0 radical (unpaired) electrons. The average molecular weight is 581 g/mol. The summed E-state index contributed by atoms with van der Waals surface area (Å²) in [5.74, 6) is 0.692. The molecule has 0 saturated carbocycles. The van der Waals surface area contributed by atoms with Crippen LogP contribution in [0.15, 0.2) is 150 Å². The molecule has 0 bridgehead atoms. The molecule has 3 nitrogen and oxygen atoms in total. The van der Waals surface area contributed by atoms with Crippen LogP contribution in [0.2, 0.25) is 0 Å². The Morgan fingerprint density at radius 3 is 1.82 bits per heavy atom. The van der Waals surface area contributed by atoms with Crippen LogP contribution in [-0.2, 0) is 0 Å². The van der Waals surface area contributed by atoms with E-state index in [0.29, 0.717) is 5.82 Å². The summed E-state index contributed by atoms with van der Waals surface area (Å²) >= 11 is 1.82. The molecule has 0 spiro atoms. The third-order valence-electron chi connectivity index (χ3n) is 8.32. The highest BCUT2D eigenvalue weighted by Crippen LogP contribution is 2.38. The lowest BCUT2D eigenvalue weighted by molar-refractivity contribution is 0.669. The van der Waals surface area contributed by atoms with Gasteiger partial charge in [0.15, 0.2) is 5.82 Å². The summed E-state index contributed by atoms with van der Waals surface area (Å²) < 4.78 is 8.80. The van der Waals surface area contributed by atoms with Crippen molar-refractivity contribution in [3.8, 4) is 45.0 Å². The van der Waals surface area contributed by atoms with Gasteiger partial charge >= 0.3 is 0 Å². The number of thiophene rings is 1. The van der Waals surface area contributed by atoms with E-state index in [1.54, 1.807) is 0 Å². The number of fused-ring (bicyclic) bond motifs is 6. The quantitative estimate of drug-likeness (QED) is 0.208. The van der Waals surface area contributed by atoms with E-state index in [9.17, 15) is 0 Å². The number of hydrogen-bond donors (Lipinski definition) is 0. The molecule has 0 aliphatic heterocycles. The Labute approximate surface area is 257 Å². The zero-order valence-electron chi connectivity index (χ0n) is 23.6. The predicted octanol–water partition coefficient (Wildman–Crippen LogP) is 11.4. The summed E-state index contributed by atoms with van der Waals surface area (Å²) in [5, 5.41) is 4.74. The third kappa shape index (κ3) is 4.19. The molecule has 0 fully saturated rings. The minimum Gasteiger partial charge on any atom is -0.456 e. The topological polar surface area (TPSA) is 38.9 Å².